The average Bonchev–Trinajstić information content (AvgIpc) is 2.88. The Hall–Kier alpha value is -3.77. The molecule has 0 aromatic heterocycles. The van der Waals surface area contributed by atoms with Crippen LogP contribution in [0.2, 0.25) is 0 Å². The summed E-state index contributed by atoms with van der Waals surface area (Å²) in [4.78, 5) is 38.1. The van der Waals surface area contributed by atoms with Crippen molar-refractivity contribution in [2.24, 2.45) is 5.92 Å². The number of esters is 2. The van der Waals surface area contributed by atoms with E-state index in [0.29, 0.717) is 12.2 Å². The predicted molar refractivity (Wildman–Crippen MR) is 142 cm³/mol. The molecule has 5 nitrogen and oxygen atoms in total. The van der Waals surface area contributed by atoms with Crippen molar-refractivity contribution in [2.75, 3.05) is 6.61 Å². The molecule has 182 valence electrons. The van der Waals surface area contributed by atoms with E-state index in [0.717, 1.165) is 26.7 Å². The molecule has 0 bridgehead atoms. The van der Waals surface area contributed by atoms with Gasteiger partial charge in [0.25, 0.3) is 0 Å². The largest absolute Gasteiger partial charge is 0.465 e. The van der Waals surface area contributed by atoms with Crippen LogP contribution in [0.15, 0.2) is 95.5 Å². The molecular formula is C30H25BrO5. The summed E-state index contributed by atoms with van der Waals surface area (Å²) in [7, 11) is 0. The summed E-state index contributed by atoms with van der Waals surface area (Å²) in [6.45, 7) is 1.92. The first-order valence-corrected chi connectivity index (χ1v) is 12.5. The summed E-state index contributed by atoms with van der Waals surface area (Å²) < 4.78 is 11.5. The van der Waals surface area contributed by atoms with Gasteiger partial charge in [0.05, 0.1) is 6.61 Å². The van der Waals surface area contributed by atoms with Crippen LogP contribution in [0.5, 0.6) is 5.75 Å². The van der Waals surface area contributed by atoms with Crippen molar-refractivity contribution in [3.63, 3.8) is 0 Å². The van der Waals surface area contributed by atoms with Gasteiger partial charge in [-0.05, 0) is 66.0 Å². The molecule has 0 fully saturated rings. The van der Waals surface area contributed by atoms with Gasteiger partial charge in [0.15, 0.2) is 5.78 Å². The molecule has 0 heterocycles. The quantitative estimate of drug-likeness (QED) is 0.149. The molecule has 2 unspecified atom stereocenters. The van der Waals surface area contributed by atoms with Crippen molar-refractivity contribution >= 4 is 45.3 Å². The van der Waals surface area contributed by atoms with Gasteiger partial charge in [0, 0.05) is 16.5 Å². The zero-order valence-electron chi connectivity index (χ0n) is 19.7. The summed E-state index contributed by atoms with van der Waals surface area (Å²) in [5, 5.41) is 0. The van der Waals surface area contributed by atoms with Gasteiger partial charge in [-0.3, -0.25) is 9.59 Å². The standard InChI is InChI=1S/C30H25BrO5/c1-2-35-30(34)29-25(18-22(19-27(29)32)24-10-6-7-11-26(24)31)21-13-15-23(16-14-21)36-28(33)17-12-20-8-4-3-5-9-20/h3-17,19,25,29H,2,18H2,1H3/b17-12-. The lowest BCUT2D eigenvalue weighted by Gasteiger charge is -2.30. The van der Waals surface area contributed by atoms with E-state index in [4.69, 9.17) is 9.47 Å². The van der Waals surface area contributed by atoms with Gasteiger partial charge in [-0.25, -0.2) is 4.79 Å². The number of carbonyl (C=O) groups excluding carboxylic acids is 3. The second-order valence-electron chi connectivity index (χ2n) is 8.33. The molecule has 0 aliphatic heterocycles. The molecule has 0 amide bonds. The predicted octanol–water partition coefficient (Wildman–Crippen LogP) is 6.39. The highest BCUT2D eigenvalue weighted by atomic mass is 79.9. The van der Waals surface area contributed by atoms with Crippen molar-refractivity contribution in [3.05, 3.63) is 112 Å². The Kier molecular flexibility index (Phi) is 8.28. The van der Waals surface area contributed by atoms with E-state index in [1.54, 1.807) is 43.3 Å². The summed E-state index contributed by atoms with van der Waals surface area (Å²) in [6.07, 6.45) is 5.09. The van der Waals surface area contributed by atoms with Crippen molar-refractivity contribution in [3.8, 4) is 5.75 Å². The Bertz CT molecular complexity index is 1310. The highest BCUT2D eigenvalue weighted by Crippen LogP contribution is 2.42. The lowest BCUT2D eigenvalue weighted by atomic mass is 9.73. The van der Waals surface area contributed by atoms with E-state index in [1.165, 1.54) is 6.08 Å². The second-order valence-corrected chi connectivity index (χ2v) is 9.18. The number of rotatable bonds is 7. The number of benzene rings is 3. The average molecular weight is 545 g/mol. The monoisotopic (exact) mass is 544 g/mol. The first-order chi connectivity index (χ1) is 17.5. The lowest BCUT2D eigenvalue weighted by molar-refractivity contribution is -0.151. The van der Waals surface area contributed by atoms with E-state index in [-0.39, 0.29) is 12.4 Å². The maximum atomic E-state index is 13.1. The molecule has 0 saturated carbocycles. The van der Waals surface area contributed by atoms with Crippen molar-refractivity contribution < 1.29 is 23.9 Å². The third kappa shape index (κ3) is 6.07. The molecular weight excluding hydrogens is 520 g/mol. The van der Waals surface area contributed by atoms with Crippen LogP contribution in [0, 0.1) is 5.92 Å². The molecule has 1 aliphatic carbocycles. The molecule has 3 aromatic rings. The zero-order valence-corrected chi connectivity index (χ0v) is 21.3. The molecule has 4 rings (SSSR count). The smallest absolute Gasteiger partial charge is 0.336 e. The molecule has 0 radical (unpaired) electrons. The Morgan fingerprint density at radius 1 is 0.972 bits per heavy atom. The Labute approximate surface area is 218 Å². The number of hydrogen-bond donors (Lipinski definition) is 0. The molecule has 1 aliphatic rings. The number of allylic oxidation sites excluding steroid dienone is 2. The van der Waals surface area contributed by atoms with Crippen LogP contribution in [0.25, 0.3) is 11.6 Å². The Balaban J connectivity index is 1.55. The fourth-order valence-corrected chi connectivity index (χ4v) is 4.81. The number of ether oxygens (including phenoxy) is 2. The van der Waals surface area contributed by atoms with Crippen LogP contribution < -0.4 is 4.74 Å². The van der Waals surface area contributed by atoms with Crippen LogP contribution in [0.4, 0.5) is 0 Å². The van der Waals surface area contributed by atoms with E-state index in [2.05, 4.69) is 15.9 Å². The van der Waals surface area contributed by atoms with Gasteiger partial charge < -0.3 is 9.47 Å². The van der Waals surface area contributed by atoms with Gasteiger partial charge in [-0.1, -0.05) is 76.6 Å². The van der Waals surface area contributed by atoms with Crippen molar-refractivity contribution in [1.82, 2.24) is 0 Å². The molecule has 3 aromatic carbocycles. The van der Waals surface area contributed by atoms with E-state index < -0.39 is 23.8 Å². The van der Waals surface area contributed by atoms with E-state index in [9.17, 15) is 14.4 Å². The van der Waals surface area contributed by atoms with Crippen LogP contribution in [0.3, 0.4) is 0 Å². The van der Waals surface area contributed by atoms with Gasteiger partial charge in [0.1, 0.15) is 11.7 Å². The normalized spacial score (nSPS) is 17.5. The number of ketones is 1. The first kappa shape index (κ1) is 25.3. The summed E-state index contributed by atoms with van der Waals surface area (Å²) >= 11 is 3.56. The highest BCUT2D eigenvalue weighted by molar-refractivity contribution is 9.10. The van der Waals surface area contributed by atoms with Gasteiger partial charge in [-0.2, -0.15) is 0 Å². The SMILES string of the molecule is CCOC(=O)C1C(=O)C=C(c2ccccc2Br)CC1c1ccc(OC(=O)/C=C\c2ccccc2)cc1. The molecule has 0 saturated heterocycles. The van der Waals surface area contributed by atoms with Crippen LogP contribution in [0.1, 0.15) is 36.0 Å². The zero-order chi connectivity index (χ0) is 25.5. The van der Waals surface area contributed by atoms with Crippen molar-refractivity contribution in [2.45, 2.75) is 19.3 Å². The molecule has 2 atom stereocenters. The minimum Gasteiger partial charge on any atom is -0.465 e. The lowest BCUT2D eigenvalue weighted by Crippen LogP contribution is -2.34. The molecule has 0 spiro atoms. The number of halogens is 1. The third-order valence-corrected chi connectivity index (χ3v) is 6.66. The Morgan fingerprint density at radius 3 is 2.36 bits per heavy atom. The van der Waals surface area contributed by atoms with Gasteiger partial charge >= 0.3 is 11.9 Å². The van der Waals surface area contributed by atoms with Crippen LogP contribution >= 0.6 is 15.9 Å². The summed E-state index contributed by atoms with van der Waals surface area (Å²) in [5.41, 5.74) is 3.44. The molecule has 0 N–H and O–H groups in total. The fourth-order valence-electron chi connectivity index (χ4n) is 4.27. The highest BCUT2D eigenvalue weighted by Gasteiger charge is 2.40. The first-order valence-electron chi connectivity index (χ1n) is 11.7. The molecule has 6 heteroatoms. The summed E-state index contributed by atoms with van der Waals surface area (Å²) in [6, 6.07) is 24.1. The number of hydrogen-bond acceptors (Lipinski definition) is 5. The van der Waals surface area contributed by atoms with Gasteiger partial charge in [-0.15, -0.1) is 0 Å². The van der Waals surface area contributed by atoms with E-state index in [1.807, 2.05) is 54.6 Å². The topological polar surface area (TPSA) is 69.7 Å². The molecule has 36 heavy (non-hydrogen) atoms. The fraction of sp³-hybridized carbons (Fsp3) is 0.167. The van der Waals surface area contributed by atoms with Gasteiger partial charge in [0.2, 0.25) is 0 Å². The second kappa shape index (κ2) is 11.8. The maximum Gasteiger partial charge on any atom is 0.336 e. The minimum absolute atomic E-state index is 0.196. The van der Waals surface area contributed by atoms with Crippen LogP contribution in [-0.4, -0.2) is 24.3 Å². The minimum atomic E-state index is -0.932. The third-order valence-electron chi connectivity index (χ3n) is 5.96. The van der Waals surface area contributed by atoms with E-state index >= 15 is 0 Å². The Morgan fingerprint density at radius 2 is 1.67 bits per heavy atom. The number of carbonyl (C=O) groups is 3. The maximum absolute atomic E-state index is 13.1. The summed E-state index contributed by atoms with van der Waals surface area (Å²) in [5.74, 6) is -2.28. The van der Waals surface area contributed by atoms with Crippen LogP contribution in [-0.2, 0) is 19.1 Å². The van der Waals surface area contributed by atoms with Crippen molar-refractivity contribution in [1.29, 1.82) is 0 Å².